The van der Waals surface area contributed by atoms with Crippen molar-refractivity contribution < 1.29 is 14.3 Å². The SMILES string of the molecule is Cc1cc(OCCCn2c(CCCCCNC(=O)COc3ccc(Cl)cc3)nc3ccccc32)cc(C)c1Cl. The van der Waals surface area contributed by atoms with E-state index < -0.39 is 0 Å². The van der Waals surface area contributed by atoms with Crippen LogP contribution in [0.5, 0.6) is 11.5 Å². The van der Waals surface area contributed by atoms with E-state index in [1.807, 2.05) is 32.0 Å². The standard InChI is InChI=1S/C31H35Cl2N3O3/c1-22-19-26(20-23(2)31(22)33)38-18-8-17-36-28-10-6-5-9-27(28)35-29(36)11-4-3-7-16-34-30(37)21-39-25-14-12-24(32)13-15-25/h5-6,9-10,12-15,19-20H,3-4,7-8,11,16-18,21H2,1-2H3,(H,34,37). The van der Waals surface area contributed by atoms with Crippen molar-refractivity contribution in [3.8, 4) is 11.5 Å². The normalized spacial score (nSPS) is 11.1. The van der Waals surface area contributed by atoms with Crippen LogP contribution in [0.2, 0.25) is 10.0 Å². The zero-order valence-electron chi connectivity index (χ0n) is 22.5. The van der Waals surface area contributed by atoms with E-state index in [9.17, 15) is 4.79 Å². The highest BCUT2D eigenvalue weighted by atomic mass is 35.5. The van der Waals surface area contributed by atoms with Crippen LogP contribution in [0.15, 0.2) is 60.7 Å². The first-order valence-corrected chi connectivity index (χ1v) is 14.1. The fourth-order valence-electron chi connectivity index (χ4n) is 4.51. The molecule has 6 nitrogen and oxygen atoms in total. The van der Waals surface area contributed by atoms with Gasteiger partial charge in [-0.25, -0.2) is 4.98 Å². The van der Waals surface area contributed by atoms with Gasteiger partial charge in [-0.1, -0.05) is 41.8 Å². The summed E-state index contributed by atoms with van der Waals surface area (Å²) >= 11 is 12.1. The highest BCUT2D eigenvalue weighted by Gasteiger charge is 2.11. The Hall–Kier alpha value is -3.22. The number of imidazole rings is 1. The maximum Gasteiger partial charge on any atom is 0.257 e. The number of nitrogens with one attached hydrogen (secondary N) is 1. The molecule has 0 atom stereocenters. The fourth-order valence-corrected chi connectivity index (χ4v) is 4.75. The van der Waals surface area contributed by atoms with Gasteiger partial charge in [-0.15, -0.1) is 0 Å². The van der Waals surface area contributed by atoms with E-state index in [0.29, 0.717) is 23.9 Å². The highest BCUT2D eigenvalue weighted by molar-refractivity contribution is 6.32. The van der Waals surface area contributed by atoms with E-state index in [0.717, 1.165) is 77.4 Å². The predicted octanol–water partition coefficient (Wildman–Crippen LogP) is 7.34. The molecular formula is C31H35Cl2N3O3. The van der Waals surface area contributed by atoms with Gasteiger partial charge in [0.25, 0.3) is 5.91 Å². The van der Waals surface area contributed by atoms with Crippen LogP contribution in [0, 0.1) is 13.8 Å². The first-order chi connectivity index (χ1) is 18.9. The highest BCUT2D eigenvalue weighted by Crippen LogP contribution is 2.26. The Morgan fingerprint density at radius 3 is 2.41 bits per heavy atom. The molecule has 4 aromatic rings. The molecule has 39 heavy (non-hydrogen) atoms. The second-order valence-corrected chi connectivity index (χ2v) is 10.5. The summed E-state index contributed by atoms with van der Waals surface area (Å²) < 4.78 is 13.8. The maximum atomic E-state index is 12.1. The molecular weight excluding hydrogens is 533 g/mol. The van der Waals surface area contributed by atoms with Gasteiger partial charge < -0.3 is 19.4 Å². The van der Waals surface area contributed by atoms with Crippen LogP contribution in [0.4, 0.5) is 0 Å². The molecule has 0 spiro atoms. The van der Waals surface area contributed by atoms with E-state index in [-0.39, 0.29) is 12.5 Å². The van der Waals surface area contributed by atoms with Crippen molar-refractivity contribution in [2.45, 2.75) is 52.5 Å². The number of unbranched alkanes of at least 4 members (excludes halogenated alkanes) is 2. The first kappa shape index (κ1) is 28.8. The van der Waals surface area contributed by atoms with Gasteiger partial charge in [0, 0.05) is 29.6 Å². The number of rotatable bonds is 14. The summed E-state index contributed by atoms with van der Waals surface area (Å²) in [4.78, 5) is 17.0. The van der Waals surface area contributed by atoms with Crippen molar-refractivity contribution in [3.63, 3.8) is 0 Å². The number of fused-ring (bicyclic) bond motifs is 1. The van der Waals surface area contributed by atoms with Crippen molar-refractivity contribution in [3.05, 3.63) is 87.7 Å². The monoisotopic (exact) mass is 567 g/mol. The Morgan fingerprint density at radius 1 is 0.897 bits per heavy atom. The van der Waals surface area contributed by atoms with Gasteiger partial charge in [0.05, 0.1) is 17.6 Å². The van der Waals surface area contributed by atoms with Gasteiger partial charge in [-0.05, 0) is 92.8 Å². The summed E-state index contributed by atoms with van der Waals surface area (Å²) in [5.41, 5.74) is 4.23. The number of nitrogens with zero attached hydrogens (tertiary/aromatic N) is 2. The molecule has 0 radical (unpaired) electrons. The number of ether oxygens (including phenoxy) is 2. The number of hydrogen-bond acceptors (Lipinski definition) is 4. The van der Waals surface area contributed by atoms with Crippen LogP contribution in [0.25, 0.3) is 11.0 Å². The van der Waals surface area contributed by atoms with Crippen molar-refractivity contribution in [1.82, 2.24) is 14.9 Å². The third-order valence-corrected chi connectivity index (χ3v) is 7.37. The minimum absolute atomic E-state index is 0.00734. The molecule has 1 aromatic heterocycles. The molecule has 0 aliphatic rings. The molecule has 0 saturated carbocycles. The van der Waals surface area contributed by atoms with Gasteiger partial charge in [0.1, 0.15) is 17.3 Å². The largest absolute Gasteiger partial charge is 0.494 e. The molecule has 3 aromatic carbocycles. The summed E-state index contributed by atoms with van der Waals surface area (Å²) in [6.07, 6.45) is 4.66. The van der Waals surface area contributed by atoms with Crippen molar-refractivity contribution in [2.75, 3.05) is 19.8 Å². The number of aromatic nitrogens is 2. The van der Waals surface area contributed by atoms with Crippen molar-refractivity contribution in [2.24, 2.45) is 0 Å². The minimum Gasteiger partial charge on any atom is -0.494 e. The lowest BCUT2D eigenvalue weighted by atomic mass is 10.1. The molecule has 1 heterocycles. The molecule has 0 bridgehead atoms. The summed E-state index contributed by atoms with van der Waals surface area (Å²) in [7, 11) is 0. The summed E-state index contributed by atoms with van der Waals surface area (Å²) in [6.45, 7) is 6.07. The van der Waals surface area contributed by atoms with Gasteiger partial charge in [-0.2, -0.15) is 0 Å². The minimum atomic E-state index is -0.127. The van der Waals surface area contributed by atoms with Crippen LogP contribution >= 0.6 is 23.2 Å². The molecule has 0 aliphatic carbocycles. The summed E-state index contributed by atoms with van der Waals surface area (Å²) in [5, 5.41) is 4.35. The van der Waals surface area contributed by atoms with Crippen LogP contribution in [0.1, 0.15) is 42.6 Å². The van der Waals surface area contributed by atoms with Crippen LogP contribution in [-0.2, 0) is 17.8 Å². The summed E-state index contributed by atoms with van der Waals surface area (Å²) in [6, 6.07) is 19.2. The third kappa shape index (κ3) is 8.38. The lowest BCUT2D eigenvalue weighted by Crippen LogP contribution is -2.29. The number of benzene rings is 3. The number of hydrogen-bond donors (Lipinski definition) is 1. The molecule has 0 saturated heterocycles. The Balaban J connectivity index is 1.20. The number of carbonyl (C=O) groups excluding carboxylic acids is 1. The van der Waals surface area contributed by atoms with Crippen LogP contribution < -0.4 is 14.8 Å². The average Bonchev–Trinajstić information content (AvgIpc) is 3.28. The molecule has 8 heteroatoms. The smallest absolute Gasteiger partial charge is 0.257 e. The fraction of sp³-hybridized carbons (Fsp3) is 0.355. The number of carbonyl (C=O) groups is 1. The molecule has 0 fully saturated rings. The topological polar surface area (TPSA) is 65.4 Å². The van der Waals surface area contributed by atoms with E-state index in [1.54, 1.807) is 24.3 Å². The maximum absolute atomic E-state index is 12.1. The van der Waals surface area contributed by atoms with Gasteiger partial charge >= 0.3 is 0 Å². The second-order valence-electron chi connectivity index (χ2n) is 9.64. The quantitative estimate of drug-likeness (QED) is 0.162. The number of amides is 1. The Labute approximate surface area is 240 Å². The van der Waals surface area contributed by atoms with Gasteiger partial charge in [0.2, 0.25) is 0 Å². The van der Waals surface area contributed by atoms with Crippen molar-refractivity contribution >= 4 is 40.1 Å². The second kappa shape index (κ2) is 14.2. The Bertz CT molecular complexity index is 1360. The molecule has 4 rings (SSSR count). The molecule has 1 N–H and O–H groups in total. The van der Waals surface area contributed by atoms with Gasteiger partial charge in [0.15, 0.2) is 6.61 Å². The number of aryl methyl sites for hydroxylation is 4. The molecule has 0 aliphatic heterocycles. The van der Waals surface area contributed by atoms with E-state index in [2.05, 4.69) is 28.1 Å². The molecule has 0 unspecified atom stereocenters. The lowest BCUT2D eigenvalue weighted by molar-refractivity contribution is -0.123. The van der Waals surface area contributed by atoms with E-state index in [4.69, 9.17) is 37.7 Å². The summed E-state index contributed by atoms with van der Waals surface area (Å²) in [5.74, 6) is 2.44. The van der Waals surface area contributed by atoms with Crippen LogP contribution in [0.3, 0.4) is 0 Å². The van der Waals surface area contributed by atoms with E-state index in [1.165, 1.54) is 0 Å². The number of halogens is 2. The average molecular weight is 569 g/mol. The zero-order chi connectivity index (χ0) is 27.6. The first-order valence-electron chi connectivity index (χ1n) is 13.4. The Morgan fingerprint density at radius 2 is 1.64 bits per heavy atom. The lowest BCUT2D eigenvalue weighted by Gasteiger charge is -2.12. The van der Waals surface area contributed by atoms with E-state index >= 15 is 0 Å². The molecule has 1 amide bonds. The Kier molecular flexibility index (Phi) is 10.5. The zero-order valence-corrected chi connectivity index (χ0v) is 24.0. The van der Waals surface area contributed by atoms with Crippen molar-refractivity contribution in [1.29, 1.82) is 0 Å². The number of para-hydroxylation sites is 2. The third-order valence-electron chi connectivity index (χ3n) is 6.52. The van der Waals surface area contributed by atoms with Gasteiger partial charge in [-0.3, -0.25) is 4.79 Å². The predicted molar refractivity (Wildman–Crippen MR) is 158 cm³/mol. The molecule has 206 valence electrons. The van der Waals surface area contributed by atoms with Crippen LogP contribution in [-0.4, -0.2) is 35.2 Å².